The Hall–Kier alpha value is -0.865. The molecule has 0 saturated heterocycles. The van der Waals surface area contributed by atoms with Gasteiger partial charge in [-0.2, -0.15) is 0 Å². The predicted molar refractivity (Wildman–Crippen MR) is 75.4 cm³/mol. The number of hydrogen-bond donors (Lipinski definition) is 2. The van der Waals surface area contributed by atoms with E-state index in [4.69, 9.17) is 0 Å². The van der Waals surface area contributed by atoms with Crippen molar-refractivity contribution in [2.45, 2.75) is 51.9 Å². The van der Waals surface area contributed by atoms with Crippen molar-refractivity contribution in [3.63, 3.8) is 0 Å². The number of aromatic nitrogens is 1. The van der Waals surface area contributed by atoms with E-state index in [0.717, 1.165) is 12.3 Å². The zero-order valence-electron chi connectivity index (χ0n) is 11.4. The molecule has 1 aromatic rings. The van der Waals surface area contributed by atoms with E-state index < -0.39 is 0 Å². The Morgan fingerprint density at radius 3 is 2.61 bits per heavy atom. The lowest BCUT2D eigenvalue weighted by molar-refractivity contribution is 0.304. The molecular formula is C14H23BN2O. The number of nitrogens with one attached hydrogen (secondary N) is 1. The van der Waals surface area contributed by atoms with Crippen molar-refractivity contribution < 1.29 is 5.02 Å². The molecule has 18 heavy (non-hydrogen) atoms. The Morgan fingerprint density at radius 1 is 1.33 bits per heavy atom. The van der Waals surface area contributed by atoms with Crippen molar-refractivity contribution in [1.82, 2.24) is 10.2 Å². The van der Waals surface area contributed by atoms with Crippen LogP contribution in [0.4, 0.5) is 0 Å². The first-order valence-electron chi connectivity index (χ1n) is 6.99. The van der Waals surface area contributed by atoms with Gasteiger partial charge in [0.25, 0.3) is 0 Å². The highest BCUT2D eigenvalue weighted by atomic mass is 16.2. The summed E-state index contributed by atoms with van der Waals surface area (Å²) in [4.78, 5) is 4.48. The van der Waals surface area contributed by atoms with Gasteiger partial charge in [-0.3, -0.25) is 4.98 Å². The normalized spacial score (nSPS) is 23.9. The molecule has 1 fully saturated rings. The Labute approximate surface area is 110 Å². The number of nitrogens with zero attached hydrogens (tertiary/aromatic N) is 1. The lowest BCUT2D eigenvalue weighted by Gasteiger charge is -2.29. The van der Waals surface area contributed by atoms with E-state index in [1.54, 1.807) is 6.82 Å². The fraction of sp³-hybridized carbons (Fsp3) is 0.643. The number of rotatable bonds is 4. The summed E-state index contributed by atoms with van der Waals surface area (Å²) in [6.07, 6.45) is 7.86. The van der Waals surface area contributed by atoms with Crippen molar-refractivity contribution in [3.05, 3.63) is 29.6 Å². The predicted octanol–water partition coefficient (Wildman–Crippen LogP) is 2.19. The number of pyridine rings is 1. The van der Waals surface area contributed by atoms with Crippen molar-refractivity contribution in [3.8, 4) is 0 Å². The molecule has 1 heterocycles. The van der Waals surface area contributed by atoms with Gasteiger partial charge in [-0.1, -0.05) is 6.07 Å². The van der Waals surface area contributed by atoms with Crippen LogP contribution in [0.2, 0.25) is 6.82 Å². The standard InChI is InChI=1S/C14H23BN2O/c1-11-3-6-14(16-10-11)9-12-4-7-13(8-5-12)17-15(2)18/h3,6,10,12-13,17-18H,4-5,7-9H2,1-2H3. The maximum absolute atomic E-state index is 9.31. The summed E-state index contributed by atoms with van der Waals surface area (Å²) in [5, 5.41) is 12.5. The first-order chi connectivity index (χ1) is 8.63. The van der Waals surface area contributed by atoms with Gasteiger partial charge in [-0.05, 0) is 69.4 Å². The lowest BCUT2D eigenvalue weighted by atomic mass is 9.79. The van der Waals surface area contributed by atoms with Gasteiger partial charge in [0.1, 0.15) is 0 Å². The van der Waals surface area contributed by atoms with E-state index in [-0.39, 0.29) is 7.05 Å². The van der Waals surface area contributed by atoms with Crippen LogP contribution in [-0.4, -0.2) is 23.1 Å². The Bertz CT molecular complexity index is 359. The first-order valence-corrected chi connectivity index (χ1v) is 6.99. The van der Waals surface area contributed by atoms with Crippen LogP contribution >= 0.6 is 0 Å². The minimum absolute atomic E-state index is 0.384. The lowest BCUT2D eigenvalue weighted by Crippen LogP contribution is -2.42. The number of aryl methyl sites for hydroxylation is 1. The van der Waals surface area contributed by atoms with Crippen molar-refractivity contribution >= 4 is 7.05 Å². The highest BCUT2D eigenvalue weighted by Gasteiger charge is 2.22. The van der Waals surface area contributed by atoms with Gasteiger partial charge in [0.05, 0.1) is 0 Å². The van der Waals surface area contributed by atoms with Crippen LogP contribution in [-0.2, 0) is 6.42 Å². The molecule has 2 N–H and O–H groups in total. The van der Waals surface area contributed by atoms with Gasteiger partial charge in [0.15, 0.2) is 0 Å². The summed E-state index contributed by atoms with van der Waals surface area (Å²) in [5.74, 6) is 0.757. The summed E-state index contributed by atoms with van der Waals surface area (Å²) in [5.41, 5.74) is 2.44. The second-order valence-electron chi connectivity index (χ2n) is 5.59. The highest BCUT2D eigenvalue weighted by molar-refractivity contribution is 6.45. The van der Waals surface area contributed by atoms with E-state index in [1.165, 1.54) is 36.9 Å². The van der Waals surface area contributed by atoms with E-state index in [1.807, 2.05) is 6.20 Å². The maximum atomic E-state index is 9.31. The Kier molecular flexibility index (Phi) is 4.78. The topological polar surface area (TPSA) is 45.1 Å². The van der Waals surface area contributed by atoms with Gasteiger partial charge in [-0.15, -0.1) is 0 Å². The summed E-state index contributed by atoms with van der Waals surface area (Å²) in [6.45, 7) is 3.87. The van der Waals surface area contributed by atoms with Crippen LogP contribution in [0.15, 0.2) is 18.3 Å². The molecule has 2 rings (SSSR count). The van der Waals surface area contributed by atoms with Crippen molar-refractivity contribution in [2.75, 3.05) is 0 Å². The smallest absolute Gasteiger partial charge is 0.373 e. The van der Waals surface area contributed by atoms with Crippen molar-refractivity contribution in [1.29, 1.82) is 0 Å². The Balaban J connectivity index is 1.78. The summed E-state index contributed by atoms with van der Waals surface area (Å²) in [7, 11) is -0.384. The Morgan fingerprint density at radius 2 is 2.06 bits per heavy atom. The molecule has 3 nitrogen and oxygen atoms in total. The third-order valence-corrected chi connectivity index (χ3v) is 3.79. The van der Waals surface area contributed by atoms with Crippen LogP contribution in [0.25, 0.3) is 0 Å². The quantitative estimate of drug-likeness (QED) is 0.800. The molecule has 1 saturated carbocycles. The molecular weight excluding hydrogens is 223 g/mol. The van der Waals surface area contributed by atoms with Crippen LogP contribution < -0.4 is 5.23 Å². The molecule has 4 heteroatoms. The fourth-order valence-corrected chi connectivity index (χ4v) is 2.79. The molecule has 0 spiro atoms. The third kappa shape index (κ3) is 4.11. The molecule has 0 radical (unpaired) electrons. The molecule has 1 aliphatic rings. The molecule has 0 amide bonds. The highest BCUT2D eigenvalue weighted by Crippen LogP contribution is 2.26. The van der Waals surface area contributed by atoms with E-state index in [9.17, 15) is 5.02 Å². The molecule has 98 valence electrons. The molecule has 0 aromatic carbocycles. The first kappa shape index (κ1) is 13.6. The SMILES string of the molecule is CB(O)NC1CCC(Cc2ccc(C)cn2)CC1. The van der Waals surface area contributed by atoms with Crippen LogP contribution in [0, 0.1) is 12.8 Å². The van der Waals surface area contributed by atoms with E-state index in [2.05, 4.69) is 29.3 Å². The second-order valence-corrected chi connectivity index (χ2v) is 5.59. The van der Waals surface area contributed by atoms with Crippen LogP contribution in [0.1, 0.15) is 36.9 Å². The molecule has 1 aromatic heterocycles. The third-order valence-electron chi connectivity index (χ3n) is 3.79. The zero-order valence-corrected chi connectivity index (χ0v) is 11.4. The van der Waals surface area contributed by atoms with Gasteiger partial charge >= 0.3 is 7.05 Å². The fourth-order valence-electron chi connectivity index (χ4n) is 2.79. The summed E-state index contributed by atoms with van der Waals surface area (Å²) in [6, 6.07) is 4.78. The number of hydrogen-bond acceptors (Lipinski definition) is 3. The molecule has 0 aliphatic heterocycles. The van der Waals surface area contributed by atoms with E-state index >= 15 is 0 Å². The van der Waals surface area contributed by atoms with E-state index in [0.29, 0.717) is 6.04 Å². The van der Waals surface area contributed by atoms with Gasteiger partial charge in [0, 0.05) is 11.9 Å². The average molecular weight is 246 g/mol. The van der Waals surface area contributed by atoms with Crippen LogP contribution in [0.5, 0.6) is 0 Å². The molecule has 0 atom stereocenters. The minimum Gasteiger partial charge on any atom is -0.437 e. The average Bonchev–Trinajstić information content (AvgIpc) is 2.34. The minimum atomic E-state index is -0.384. The molecule has 0 bridgehead atoms. The summed E-state index contributed by atoms with van der Waals surface area (Å²) < 4.78 is 0. The zero-order chi connectivity index (χ0) is 13.0. The molecule has 0 unspecified atom stereocenters. The monoisotopic (exact) mass is 246 g/mol. The molecule has 1 aliphatic carbocycles. The van der Waals surface area contributed by atoms with Crippen LogP contribution in [0.3, 0.4) is 0 Å². The van der Waals surface area contributed by atoms with Gasteiger partial charge in [-0.25, -0.2) is 0 Å². The second kappa shape index (κ2) is 6.35. The largest absolute Gasteiger partial charge is 0.437 e. The van der Waals surface area contributed by atoms with Gasteiger partial charge in [0.2, 0.25) is 0 Å². The summed E-state index contributed by atoms with van der Waals surface area (Å²) >= 11 is 0. The van der Waals surface area contributed by atoms with Gasteiger partial charge < -0.3 is 10.3 Å². The maximum Gasteiger partial charge on any atom is 0.373 e. The van der Waals surface area contributed by atoms with Crippen molar-refractivity contribution in [2.24, 2.45) is 5.92 Å².